The summed E-state index contributed by atoms with van der Waals surface area (Å²) in [6, 6.07) is 5.43. The van der Waals surface area contributed by atoms with Crippen molar-refractivity contribution in [3.63, 3.8) is 0 Å². The van der Waals surface area contributed by atoms with E-state index in [4.69, 9.17) is 5.73 Å². The second kappa shape index (κ2) is 3.58. The van der Waals surface area contributed by atoms with E-state index in [1.807, 2.05) is 6.92 Å². The van der Waals surface area contributed by atoms with Crippen LogP contribution in [0.3, 0.4) is 0 Å². The van der Waals surface area contributed by atoms with Gasteiger partial charge < -0.3 is 11.1 Å². The van der Waals surface area contributed by atoms with Crippen LogP contribution >= 0.6 is 0 Å². The van der Waals surface area contributed by atoms with Crippen LogP contribution in [0.25, 0.3) is 0 Å². The molecule has 14 heavy (non-hydrogen) atoms. The fourth-order valence-electron chi connectivity index (χ4n) is 1.38. The third-order valence-electron chi connectivity index (χ3n) is 2.45. The summed E-state index contributed by atoms with van der Waals surface area (Å²) in [6.45, 7) is 1.90. The monoisotopic (exact) mass is 194 g/mol. The Balaban J connectivity index is 2.21. The summed E-state index contributed by atoms with van der Waals surface area (Å²) in [4.78, 5) is 0. The Kier molecular flexibility index (Phi) is 2.42. The van der Waals surface area contributed by atoms with Crippen molar-refractivity contribution in [2.75, 3.05) is 5.32 Å². The SMILES string of the molecule is CC(N)c1ccc(F)c(NC2CC2)c1. The van der Waals surface area contributed by atoms with E-state index in [1.54, 1.807) is 12.1 Å². The lowest BCUT2D eigenvalue weighted by Gasteiger charge is -2.10. The van der Waals surface area contributed by atoms with Crippen molar-refractivity contribution < 1.29 is 4.39 Å². The smallest absolute Gasteiger partial charge is 0.146 e. The largest absolute Gasteiger partial charge is 0.380 e. The number of benzene rings is 1. The summed E-state index contributed by atoms with van der Waals surface area (Å²) < 4.78 is 13.3. The van der Waals surface area contributed by atoms with Gasteiger partial charge in [-0.25, -0.2) is 4.39 Å². The van der Waals surface area contributed by atoms with Gasteiger partial charge in [0.1, 0.15) is 5.82 Å². The van der Waals surface area contributed by atoms with Gasteiger partial charge in [0.15, 0.2) is 0 Å². The van der Waals surface area contributed by atoms with Gasteiger partial charge in [-0.05, 0) is 37.5 Å². The maximum atomic E-state index is 13.3. The van der Waals surface area contributed by atoms with Crippen molar-refractivity contribution in [1.29, 1.82) is 0 Å². The van der Waals surface area contributed by atoms with Gasteiger partial charge in [0.05, 0.1) is 5.69 Å². The Morgan fingerprint density at radius 3 is 2.79 bits per heavy atom. The molecule has 0 aliphatic heterocycles. The van der Waals surface area contributed by atoms with Crippen molar-refractivity contribution in [3.05, 3.63) is 29.6 Å². The van der Waals surface area contributed by atoms with Gasteiger partial charge in [0.25, 0.3) is 0 Å². The van der Waals surface area contributed by atoms with Crippen LogP contribution in [0.15, 0.2) is 18.2 Å². The molecule has 2 nitrogen and oxygen atoms in total. The van der Waals surface area contributed by atoms with E-state index >= 15 is 0 Å². The molecule has 1 atom stereocenters. The first-order chi connectivity index (χ1) is 6.66. The molecule has 0 bridgehead atoms. The fraction of sp³-hybridized carbons (Fsp3) is 0.455. The number of rotatable bonds is 3. The van der Waals surface area contributed by atoms with E-state index in [2.05, 4.69) is 5.32 Å². The number of nitrogens with one attached hydrogen (secondary N) is 1. The van der Waals surface area contributed by atoms with Gasteiger partial charge in [0, 0.05) is 12.1 Å². The molecular weight excluding hydrogens is 179 g/mol. The number of nitrogens with two attached hydrogens (primary N) is 1. The van der Waals surface area contributed by atoms with E-state index < -0.39 is 0 Å². The molecule has 1 aromatic rings. The zero-order valence-corrected chi connectivity index (χ0v) is 8.26. The summed E-state index contributed by atoms with van der Waals surface area (Å²) >= 11 is 0. The first-order valence-electron chi connectivity index (χ1n) is 4.98. The van der Waals surface area contributed by atoms with E-state index in [0.717, 1.165) is 18.4 Å². The highest BCUT2D eigenvalue weighted by Gasteiger charge is 2.22. The zero-order chi connectivity index (χ0) is 10.1. The van der Waals surface area contributed by atoms with Crippen LogP contribution in [0.5, 0.6) is 0 Å². The van der Waals surface area contributed by atoms with E-state index in [1.165, 1.54) is 6.07 Å². The first-order valence-corrected chi connectivity index (χ1v) is 4.98. The highest BCUT2D eigenvalue weighted by atomic mass is 19.1. The van der Waals surface area contributed by atoms with Crippen LogP contribution in [0.4, 0.5) is 10.1 Å². The minimum atomic E-state index is -0.193. The molecule has 0 amide bonds. The Hall–Kier alpha value is -1.09. The Labute approximate surface area is 83.3 Å². The number of hydrogen-bond donors (Lipinski definition) is 2. The van der Waals surface area contributed by atoms with E-state index in [9.17, 15) is 4.39 Å². The topological polar surface area (TPSA) is 38.0 Å². The molecule has 1 fully saturated rings. The number of hydrogen-bond acceptors (Lipinski definition) is 2. The average molecular weight is 194 g/mol. The summed E-state index contributed by atoms with van der Waals surface area (Å²) in [5, 5.41) is 3.15. The summed E-state index contributed by atoms with van der Waals surface area (Å²) in [7, 11) is 0. The van der Waals surface area contributed by atoms with Crippen molar-refractivity contribution >= 4 is 5.69 Å². The normalized spacial score (nSPS) is 17.9. The molecule has 76 valence electrons. The molecular formula is C11H15FN2. The predicted octanol–water partition coefficient (Wildman–Crippen LogP) is 2.42. The molecule has 2 rings (SSSR count). The molecule has 1 aromatic carbocycles. The van der Waals surface area contributed by atoms with Crippen LogP contribution in [0, 0.1) is 5.82 Å². The van der Waals surface area contributed by atoms with E-state index in [0.29, 0.717) is 11.7 Å². The highest BCUT2D eigenvalue weighted by Crippen LogP contribution is 2.27. The summed E-state index contributed by atoms with van der Waals surface area (Å²) in [5.41, 5.74) is 7.28. The summed E-state index contributed by atoms with van der Waals surface area (Å²) in [6.07, 6.45) is 2.28. The Morgan fingerprint density at radius 1 is 1.50 bits per heavy atom. The van der Waals surface area contributed by atoms with Gasteiger partial charge in [-0.2, -0.15) is 0 Å². The minimum Gasteiger partial charge on any atom is -0.380 e. The molecule has 1 aliphatic carbocycles. The molecule has 1 saturated carbocycles. The van der Waals surface area contributed by atoms with Gasteiger partial charge in [-0.15, -0.1) is 0 Å². The molecule has 0 saturated heterocycles. The maximum absolute atomic E-state index is 13.3. The van der Waals surface area contributed by atoms with Gasteiger partial charge in [-0.3, -0.25) is 0 Å². The van der Waals surface area contributed by atoms with Crippen molar-refractivity contribution in [2.45, 2.75) is 31.8 Å². The molecule has 3 heteroatoms. The molecule has 3 N–H and O–H groups in total. The Morgan fingerprint density at radius 2 is 2.21 bits per heavy atom. The lowest BCUT2D eigenvalue weighted by Crippen LogP contribution is -2.08. The molecule has 0 radical (unpaired) electrons. The van der Waals surface area contributed by atoms with Crippen molar-refractivity contribution in [3.8, 4) is 0 Å². The van der Waals surface area contributed by atoms with Crippen LogP contribution in [0.2, 0.25) is 0 Å². The number of halogens is 1. The highest BCUT2D eigenvalue weighted by molar-refractivity contribution is 5.49. The second-order valence-corrected chi connectivity index (χ2v) is 3.95. The second-order valence-electron chi connectivity index (χ2n) is 3.95. The molecule has 1 aliphatic rings. The lowest BCUT2D eigenvalue weighted by atomic mass is 10.1. The Bertz CT molecular complexity index is 332. The van der Waals surface area contributed by atoms with Crippen LogP contribution in [-0.2, 0) is 0 Å². The van der Waals surface area contributed by atoms with Gasteiger partial charge >= 0.3 is 0 Å². The summed E-state index contributed by atoms with van der Waals surface area (Å²) in [5.74, 6) is -0.193. The molecule has 1 unspecified atom stereocenters. The van der Waals surface area contributed by atoms with Crippen LogP contribution in [0.1, 0.15) is 31.4 Å². The molecule has 0 spiro atoms. The fourth-order valence-corrected chi connectivity index (χ4v) is 1.38. The van der Waals surface area contributed by atoms with Crippen LogP contribution < -0.4 is 11.1 Å². The zero-order valence-electron chi connectivity index (χ0n) is 8.26. The third kappa shape index (κ3) is 2.04. The first kappa shape index (κ1) is 9.46. The predicted molar refractivity (Wildman–Crippen MR) is 55.6 cm³/mol. The maximum Gasteiger partial charge on any atom is 0.146 e. The number of anilines is 1. The quantitative estimate of drug-likeness (QED) is 0.775. The standard InChI is InChI=1S/C11H15FN2/c1-7(13)8-2-5-10(12)11(6-8)14-9-3-4-9/h2,5-7,9,14H,3-4,13H2,1H3. The van der Waals surface area contributed by atoms with Crippen molar-refractivity contribution in [2.24, 2.45) is 5.73 Å². The third-order valence-corrected chi connectivity index (χ3v) is 2.45. The van der Waals surface area contributed by atoms with Crippen LogP contribution in [-0.4, -0.2) is 6.04 Å². The van der Waals surface area contributed by atoms with Gasteiger partial charge in [0.2, 0.25) is 0 Å². The van der Waals surface area contributed by atoms with E-state index in [-0.39, 0.29) is 11.9 Å². The van der Waals surface area contributed by atoms with Crippen molar-refractivity contribution in [1.82, 2.24) is 0 Å². The van der Waals surface area contributed by atoms with Gasteiger partial charge in [-0.1, -0.05) is 6.07 Å². The minimum absolute atomic E-state index is 0.0460. The average Bonchev–Trinajstić information content (AvgIpc) is 2.92. The molecule has 0 aromatic heterocycles. The molecule has 0 heterocycles. The lowest BCUT2D eigenvalue weighted by molar-refractivity contribution is 0.628.